The molecule has 0 saturated carbocycles. The minimum absolute atomic E-state index is 0.0353. The highest BCUT2D eigenvalue weighted by molar-refractivity contribution is 6.32. The normalized spacial score (nSPS) is 11.7. The van der Waals surface area contributed by atoms with Gasteiger partial charge in [-0.2, -0.15) is 0 Å². The number of nitrogens with zero attached hydrogens (tertiary/aromatic N) is 1. The van der Waals surface area contributed by atoms with E-state index in [-0.39, 0.29) is 16.3 Å². The molecule has 0 fully saturated rings. The van der Waals surface area contributed by atoms with Gasteiger partial charge in [0.1, 0.15) is 5.02 Å². The number of rotatable bonds is 7. The molecular weight excluding hydrogens is 300 g/mol. The van der Waals surface area contributed by atoms with Crippen LogP contribution in [0.1, 0.15) is 30.1 Å². The molecule has 0 bridgehead atoms. The highest BCUT2D eigenvalue weighted by Crippen LogP contribution is 2.24. The molecule has 0 aliphatic heterocycles. The number of carboxylic acids is 1. The fraction of sp³-hybridized carbons (Fsp3) is 0.385. The van der Waals surface area contributed by atoms with Crippen LogP contribution in [0.2, 0.25) is 5.02 Å². The van der Waals surface area contributed by atoms with E-state index in [1.807, 2.05) is 0 Å². The van der Waals surface area contributed by atoms with Crippen molar-refractivity contribution in [3.63, 3.8) is 0 Å². The fourth-order valence-corrected chi connectivity index (χ4v) is 1.82. The second kappa shape index (κ2) is 7.58. The number of benzene rings is 1. The molecule has 1 unspecified atom stereocenters. The number of carboxylic acid groups (broad SMARTS) is 1. The van der Waals surface area contributed by atoms with Gasteiger partial charge < -0.3 is 10.4 Å². The molecule has 1 aromatic rings. The number of nitro benzene ring substituents is 1. The minimum Gasteiger partial charge on any atom is -0.481 e. The predicted molar refractivity (Wildman–Crippen MR) is 76.5 cm³/mol. The summed E-state index contributed by atoms with van der Waals surface area (Å²) in [5, 5.41) is 22.0. The van der Waals surface area contributed by atoms with Crippen molar-refractivity contribution >= 4 is 29.2 Å². The van der Waals surface area contributed by atoms with Crippen LogP contribution in [0.25, 0.3) is 0 Å². The summed E-state index contributed by atoms with van der Waals surface area (Å²) >= 11 is 5.66. The molecular formula is C13H15ClN2O5. The van der Waals surface area contributed by atoms with Gasteiger partial charge in [0.25, 0.3) is 11.6 Å². The summed E-state index contributed by atoms with van der Waals surface area (Å²) in [4.78, 5) is 32.5. The summed E-state index contributed by atoms with van der Waals surface area (Å²) in [6.07, 6.45) is 0.950. The summed E-state index contributed by atoms with van der Waals surface area (Å²) in [6.45, 7) is 1.89. The minimum atomic E-state index is -0.880. The first kappa shape index (κ1) is 16.9. The third-order valence-corrected chi connectivity index (χ3v) is 3.25. The van der Waals surface area contributed by atoms with Gasteiger partial charge in [-0.15, -0.1) is 0 Å². The van der Waals surface area contributed by atoms with Gasteiger partial charge in [0.15, 0.2) is 0 Å². The Morgan fingerprint density at radius 3 is 2.71 bits per heavy atom. The zero-order chi connectivity index (χ0) is 16.0. The molecule has 1 rings (SSSR count). The number of nitrogens with one attached hydrogen (secondary N) is 1. The number of hydrogen-bond acceptors (Lipinski definition) is 4. The third kappa shape index (κ3) is 5.03. The molecule has 0 aliphatic carbocycles. The summed E-state index contributed by atoms with van der Waals surface area (Å²) < 4.78 is 0. The van der Waals surface area contributed by atoms with Crippen LogP contribution in [0.5, 0.6) is 0 Å². The van der Waals surface area contributed by atoms with Crippen molar-refractivity contribution in [3.05, 3.63) is 38.9 Å². The van der Waals surface area contributed by atoms with Crippen LogP contribution in [0.3, 0.4) is 0 Å². The Morgan fingerprint density at radius 2 is 2.14 bits per heavy atom. The zero-order valence-corrected chi connectivity index (χ0v) is 12.1. The fourth-order valence-electron chi connectivity index (χ4n) is 1.63. The van der Waals surface area contributed by atoms with Gasteiger partial charge in [-0.1, -0.05) is 18.5 Å². The molecule has 0 radical (unpaired) electrons. The maximum Gasteiger partial charge on any atom is 0.306 e. The van der Waals surface area contributed by atoms with Crippen LogP contribution in [0, 0.1) is 16.0 Å². The molecule has 0 saturated heterocycles. The Hall–Kier alpha value is -2.15. The first-order valence-electron chi connectivity index (χ1n) is 6.28. The van der Waals surface area contributed by atoms with E-state index < -0.39 is 22.7 Å². The maximum absolute atomic E-state index is 11.8. The SMILES string of the molecule is CC(CCCNC(=O)c1ccc(Cl)c([N+](=O)[O-])c1)C(=O)O. The van der Waals surface area contributed by atoms with E-state index in [0.29, 0.717) is 19.4 Å². The van der Waals surface area contributed by atoms with Gasteiger partial charge in [-0.05, 0) is 25.0 Å². The molecule has 2 N–H and O–H groups in total. The highest BCUT2D eigenvalue weighted by Gasteiger charge is 2.16. The van der Waals surface area contributed by atoms with Gasteiger partial charge >= 0.3 is 5.97 Å². The van der Waals surface area contributed by atoms with E-state index in [2.05, 4.69) is 5.32 Å². The number of carbonyl (C=O) groups is 2. The molecule has 1 atom stereocenters. The van der Waals surface area contributed by atoms with Crippen LogP contribution < -0.4 is 5.32 Å². The quantitative estimate of drug-likeness (QED) is 0.456. The van der Waals surface area contributed by atoms with Gasteiger partial charge in [0.2, 0.25) is 0 Å². The Bertz CT molecular complexity index is 561. The highest BCUT2D eigenvalue weighted by atomic mass is 35.5. The molecule has 0 aliphatic rings. The smallest absolute Gasteiger partial charge is 0.306 e. The van der Waals surface area contributed by atoms with Crippen molar-refractivity contribution in [2.45, 2.75) is 19.8 Å². The van der Waals surface area contributed by atoms with E-state index in [0.717, 1.165) is 6.07 Å². The second-order valence-corrected chi connectivity index (χ2v) is 4.97. The molecule has 0 heterocycles. The number of carbonyl (C=O) groups excluding carboxylic acids is 1. The number of hydrogen-bond donors (Lipinski definition) is 2. The summed E-state index contributed by atoms with van der Waals surface area (Å²) in [7, 11) is 0. The van der Waals surface area contributed by atoms with Crippen molar-refractivity contribution in [2.24, 2.45) is 5.92 Å². The molecule has 7 nitrogen and oxygen atoms in total. The van der Waals surface area contributed by atoms with Crippen LogP contribution in [0.15, 0.2) is 18.2 Å². The van der Waals surface area contributed by atoms with Gasteiger partial charge in [0, 0.05) is 18.2 Å². The van der Waals surface area contributed by atoms with Gasteiger partial charge in [-0.3, -0.25) is 19.7 Å². The molecule has 21 heavy (non-hydrogen) atoms. The first-order valence-corrected chi connectivity index (χ1v) is 6.65. The van der Waals surface area contributed by atoms with E-state index in [1.165, 1.54) is 12.1 Å². The molecule has 1 amide bonds. The summed E-state index contributed by atoms with van der Waals surface area (Å²) in [5.41, 5.74) is -0.193. The Kier molecular flexibility index (Phi) is 6.10. The van der Waals surface area contributed by atoms with Crippen molar-refractivity contribution in [1.29, 1.82) is 0 Å². The second-order valence-electron chi connectivity index (χ2n) is 4.56. The van der Waals surface area contributed by atoms with Gasteiger partial charge in [0.05, 0.1) is 10.8 Å². The van der Waals surface area contributed by atoms with Crippen molar-refractivity contribution < 1.29 is 19.6 Å². The van der Waals surface area contributed by atoms with E-state index in [1.54, 1.807) is 6.92 Å². The lowest BCUT2D eigenvalue weighted by Crippen LogP contribution is -2.25. The lowest BCUT2D eigenvalue weighted by molar-refractivity contribution is -0.384. The van der Waals surface area contributed by atoms with Crippen molar-refractivity contribution in [1.82, 2.24) is 5.32 Å². The number of nitro groups is 1. The van der Waals surface area contributed by atoms with Crippen LogP contribution >= 0.6 is 11.6 Å². The topological polar surface area (TPSA) is 110 Å². The largest absolute Gasteiger partial charge is 0.481 e. The zero-order valence-electron chi connectivity index (χ0n) is 11.3. The molecule has 1 aromatic carbocycles. The number of amides is 1. The van der Waals surface area contributed by atoms with E-state index in [9.17, 15) is 19.7 Å². The number of halogens is 1. The van der Waals surface area contributed by atoms with E-state index >= 15 is 0 Å². The van der Waals surface area contributed by atoms with Crippen LogP contribution in [0.4, 0.5) is 5.69 Å². The van der Waals surface area contributed by atoms with E-state index in [4.69, 9.17) is 16.7 Å². The van der Waals surface area contributed by atoms with Crippen molar-refractivity contribution in [3.8, 4) is 0 Å². The number of aliphatic carboxylic acids is 1. The van der Waals surface area contributed by atoms with Gasteiger partial charge in [-0.25, -0.2) is 0 Å². The van der Waals surface area contributed by atoms with Crippen LogP contribution in [-0.2, 0) is 4.79 Å². The third-order valence-electron chi connectivity index (χ3n) is 2.93. The summed E-state index contributed by atoms with van der Waals surface area (Å²) in [6, 6.07) is 3.79. The lowest BCUT2D eigenvalue weighted by Gasteiger charge is -2.07. The lowest BCUT2D eigenvalue weighted by atomic mass is 10.1. The Morgan fingerprint density at radius 1 is 1.48 bits per heavy atom. The van der Waals surface area contributed by atoms with Crippen LogP contribution in [-0.4, -0.2) is 28.5 Å². The average molecular weight is 315 g/mol. The maximum atomic E-state index is 11.8. The Labute approximate surface area is 126 Å². The summed E-state index contributed by atoms with van der Waals surface area (Å²) in [5.74, 6) is -1.81. The Balaban J connectivity index is 2.55. The van der Waals surface area contributed by atoms with Crippen molar-refractivity contribution in [2.75, 3.05) is 6.54 Å². The standard InChI is InChI=1S/C13H15ClN2O5/c1-8(13(18)19)3-2-6-15-12(17)9-4-5-10(14)11(7-9)16(20)21/h4-5,7-8H,2-3,6H2,1H3,(H,15,17)(H,18,19). The molecule has 114 valence electrons. The molecule has 8 heteroatoms. The predicted octanol–water partition coefficient (Wildman–Crippen LogP) is 2.48. The first-order chi connectivity index (χ1) is 9.82. The molecule has 0 spiro atoms. The monoisotopic (exact) mass is 314 g/mol. The average Bonchev–Trinajstić information content (AvgIpc) is 2.43. The molecule has 0 aromatic heterocycles.